The summed E-state index contributed by atoms with van der Waals surface area (Å²) in [5, 5.41) is 4.03. The molecule has 0 spiro atoms. The number of carbonyl (C=O) groups is 2. The summed E-state index contributed by atoms with van der Waals surface area (Å²) in [7, 11) is 0. The Kier molecular flexibility index (Phi) is 14.7. The van der Waals surface area contributed by atoms with Crippen LogP contribution >= 0.6 is 0 Å². The van der Waals surface area contributed by atoms with E-state index in [9.17, 15) is 9.59 Å². The number of ether oxygens (including phenoxy) is 2. The Morgan fingerprint density at radius 2 is 1.31 bits per heavy atom. The maximum Gasteiger partial charge on any atom is 0.343 e. The van der Waals surface area contributed by atoms with Gasteiger partial charge in [0.1, 0.15) is 11.5 Å². The quantitative estimate of drug-likeness (QED) is 0.0767. The lowest BCUT2D eigenvalue weighted by molar-refractivity contribution is -0.121. The van der Waals surface area contributed by atoms with Gasteiger partial charge in [0.05, 0.1) is 18.4 Å². The average Bonchev–Trinajstić information content (AvgIpc) is 2.89. The normalized spacial score (nSPS) is 10.9. The molecule has 1 amide bonds. The third kappa shape index (κ3) is 12.5. The Bertz CT molecular complexity index is 908. The molecule has 0 aliphatic rings. The average molecular weight is 495 g/mol. The summed E-state index contributed by atoms with van der Waals surface area (Å²) in [6.07, 6.45) is 15.9. The molecule has 196 valence electrons. The number of carbonyl (C=O) groups excluding carboxylic acids is 2. The zero-order chi connectivity index (χ0) is 25.8. The highest BCUT2D eigenvalue weighted by Crippen LogP contribution is 2.16. The first-order valence-corrected chi connectivity index (χ1v) is 13.5. The van der Waals surface area contributed by atoms with Crippen molar-refractivity contribution in [1.29, 1.82) is 0 Å². The van der Waals surface area contributed by atoms with Gasteiger partial charge in [-0.25, -0.2) is 10.2 Å². The molecule has 0 saturated carbocycles. The first-order chi connectivity index (χ1) is 17.6. The minimum Gasteiger partial charge on any atom is -0.494 e. The van der Waals surface area contributed by atoms with Gasteiger partial charge in [0.15, 0.2) is 0 Å². The molecule has 2 aromatic carbocycles. The van der Waals surface area contributed by atoms with Crippen molar-refractivity contribution in [1.82, 2.24) is 5.43 Å². The summed E-state index contributed by atoms with van der Waals surface area (Å²) in [5.74, 6) is 0.646. The standard InChI is InChI=1S/C30H42N2O4/c1-3-5-6-7-8-9-10-11-12-13-14-15-29(33)32-31-24-25-16-20-28(21-17-25)36-30(34)26-18-22-27(23-19-26)35-4-2/h16-24H,3-15H2,1-2H3,(H,32,33)/b31-24+. The molecule has 2 rings (SSSR count). The Labute approximate surface area is 216 Å². The fourth-order valence-corrected chi connectivity index (χ4v) is 3.83. The summed E-state index contributed by atoms with van der Waals surface area (Å²) < 4.78 is 10.8. The molecular weight excluding hydrogens is 452 g/mol. The molecule has 0 atom stereocenters. The van der Waals surface area contributed by atoms with E-state index in [4.69, 9.17) is 9.47 Å². The maximum atomic E-state index is 12.3. The van der Waals surface area contributed by atoms with Crippen molar-refractivity contribution in [3.63, 3.8) is 0 Å². The molecule has 0 aliphatic carbocycles. The van der Waals surface area contributed by atoms with Crippen molar-refractivity contribution in [3.8, 4) is 11.5 Å². The van der Waals surface area contributed by atoms with Gasteiger partial charge in [-0.2, -0.15) is 5.10 Å². The lowest BCUT2D eigenvalue weighted by Gasteiger charge is -2.06. The second-order valence-electron chi connectivity index (χ2n) is 8.99. The number of hydrogen-bond acceptors (Lipinski definition) is 5. The largest absolute Gasteiger partial charge is 0.494 e. The fraction of sp³-hybridized carbons (Fsp3) is 0.500. The number of nitrogens with one attached hydrogen (secondary N) is 1. The van der Waals surface area contributed by atoms with Crippen LogP contribution in [-0.4, -0.2) is 24.7 Å². The van der Waals surface area contributed by atoms with Crippen LogP contribution in [0.5, 0.6) is 11.5 Å². The van der Waals surface area contributed by atoms with Gasteiger partial charge in [0, 0.05) is 6.42 Å². The molecule has 36 heavy (non-hydrogen) atoms. The first-order valence-electron chi connectivity index (χ1n) is 13.5. The molecule has 6 heteroatoms. The summed E-state index contributed by atoms with van der Waals surface area (Å²) in [6, 6.07) is 13.8. The van der Waals surface area contributed by atoms with Crippen LogP contribution in [0.4, 0.5) is 0 Å². The predicted octanol–water partition coefficient (Wildman–Crippen LogP) is 7.46. The van der Waals surface area contributed by atoms with Crippen LogP contribution in [-0.2, 0) is 4.79 Å². The molecule has 0 unspecified atom stereocenters. The van der Waals surface area contributed by atoms with Crippen LogP contribution in [0.2, 0.25) is 0 Å². The zero-order valence-electron chi connectivity index (χ0n) is 22.0. The van der Waals surface area contributed by atoms with Crippen LogP contribution in [0, 0.1) is 0 Å². The van der Waals surface area contributed by atoms with Gasteiger partial charge >= 0.3 is 5.97 Å². The number of amides is 1. The van der Waals surface area contributed by atoms with Gasteiger partial charge < -0.3 is 9.47 Å². The first kappa shape index (κ1) is 29.1. The minimum absolute atomic E-state index is 0.0666. The maximum absolute atomic E-state index is 12.3. The third-order valence-electron chi connectivity index (χ3n) is 5.90. The molecule has 6 nitrogen and oxygen atoms in total. The second kappa shape index (κ2) is 18.2. The monoisotopic (exact) mass is 494 g/mol. The number of rotatable bonds is 18. The molecule has 1 N–H and O–H groups in total. The zero-order valence-corrected chi connectivity index (χ0v) is 22.0. The molecule has 0 aromatic heterocycles. The van der Waals surface area contributed by atoms with Gasteiger partial charge in [-0.05, 0) is 67.4 Å². The van der Waals surface area contributed by atoms with Crippen molar-refractivity contribution < 1.29 is 19.1 Å². The number of hydrogen-bond donors (Lipinski definition) is 1. The van der Waals surface area contributed by atoms with Crippen LogP contribution < -0.4 is 14.9 Å². The number of nitrogens with zero attached hydrogens (tertiary/aromatic N) is 1. The van der Waals surface area contributed by atoms with E-state index in [-0.39, 0.29) is 5.91 Å². The predicted molar refractivity (Wildman–Crippen MR) is 146 cm³/mol. The van der Waals surface area contributed by atoms with Crippen molar-refractivity contribution >= 4 is 18.1 Å². The van der Waals surface area contributed by atoms with Gasteiger partial charge in [0.2, 0.25) is 5.91 Å². The van der Waals surface area contributed by atoms with E-state index in [1.807, 2.05) is 6.92 Å². The molecule has 0 bridgehead atoms. The highest BCUT2D eigenvalue weighted by atomic mass is 16.5. The molecule has 0 aliphatic heterocycles. The van der Waals surface area contributed by atoms with E-state index >= 15 is 0 Å². The summed E-state index contributed by atoms with van der Waals surface area (Å²) in [6.45, 7) is 4.73. The van der Waals surface area contributed by atoms with Crippen molar-refractivity contribution in [2.75, 3.05) is 6.61 Å². The topological polar surface area (TPSA) is 77.0 Å². The highest BCUT2D eigenvalue weighted by Gasteiger charge is 2.09. The van der Waals surface area contributed by atoms with Crippen molar-refractivity contribution in [2.45, 2.75) is 90.9 Å². The number of hydrazone groups is 1. The third-order valence-corrected chi connectivity index (χ3v) is 5.90. The smallest absolute Gasteiger partial charge is 0.343 e. The number of unbranched alkanes of at least 4 members (excludes halogenated alkanes) is 10. The lowest BCUT2D eigenvalue weighted by Crippen LogP contribution is -2.16. The van der Waals surface area contributed by atoms with E-state index < -0.39 is 5.97 Å². The van der Waals surface area contributed by atoms with E-state index in [0.717, 1.165) is 18.4 Å². The Morgan fingerprint density at radius 1 is 0.750 bits per heavy atom. The van der Waals surface area contributed by atoms with Crippen molar-refractivity contribution in [2.24, 2.45) is 5.10 Å². The molecule has 0 saturated heterocycles. The SMILES string of the molecule is CCCCCCCCCCCCCC(=O)N/N=C/c1ccc(OC(=O)c2ccc(OCC)cc2)cc1. The van der Waals surface area contributed by atoms with Gasteiger partial charge in [-0.15, -0.1) is 0 Å². The summed E-state index contributed by atoms with van der Waals surface area (Å²) in [4.78, 5) is 24.3. The second-order valence-corrected chi connectivity index (χ2v) is 8.99. The van der Waals surface area contributed by atoms with Crippen LogP contribution in [0.15, 0.2) is 53.6 Å². The Morgan fingerprint density at radius 3 is 1.89 bits per heavy atom. The van der Waals surface area contributed by atoms with E-state index in [2.05, 4.69) is 17.5 Å². The van der Waals surface area contributed by atoms with Crippen LogP contribution in [0.3, 0.4) is 0 Å². The van der Waals surface area contributed by atoms with Crippen LogP contribution in [0.1, 0.15) is 107 Å². The molecule has 0 fully saturated rings. The van der Waals surface area contributed by atoms with Crippen molar-refractivity contribution in [3.05, 3.63) is 59.7 Å². The van der Waals surface area contributed by atoms with Crippen LogP contribution in [0.25, 0.3) is 0 Å². The Hall–Kier alpha value is -3.15. The molecule has 0 heterocycles. The highest BCUT2D eigenvalue weighted by molar-refractivity contribution is 5.91. The van der Waals surface area contributed by atoms with E-state index in [1.54, 1.807) is 54.7 Å². The number of benzene rings is 2. The Balaban J connectivity index is 1.58. The molecular formula is C30H42N2O4. The van der Waals surface area contributed by atoms with Gasteiger partial charge in [-0.1, -0.05) is 71.1 Å². The lowest BCUT2D eigenvalue weighted by atomic mass is 10.1. The minimum atomic E-state index is -0.436. The van der Waals surface area contributed by atoms with E-state index in [0.29, 0.717) is 30.1 Å². The van der Waals surface area contributed by atoms with Gasteiger partial charge in [0.25, 0.3) is 0 Å². The van der Waals surface area contributed by atoms with Gasteiger partial charge in [-0.3, -0.25) is 4.79 Å². The fourth-order valence-electron chi connectivity index (χ4n) is 3.83. The summed E-state index contributed by atoms with van der Waals surface area (Å²) >= 11 is 0. The molecule has 2 aromatic rings. The number of esters is 1. The summed E-state index contributed by atoms with van der Waals surface area (Å²) in [5.41, 5.74) is 3.83. The molecule has 0 radical (unpaired) electrons. The van der Waals surface area contributed by atoms with E-state index in [1.165, 1.54) is 57.8 Å².